The molecular formula is C17H11Cl2N5O2. The second-order valence-corrected chi connectivity index (χ2v) is 5.72. The summed E-state index contributed by atoms with van der Waals surface area (Å²) in [5, 5.41) is 5.49. The zero-order chi connectivity index (χ0) is 18.5. The van der Waals surface area contributed by atoms with Crippen LogP contribution in [0.15, 0.2) is 54.9 Å². The fraction of sp³-hybridized carbons (Fsp3) is 0. The molecule has 130 valence electrons. The van der Waals surface area contributed by atoms with Gasteiger partial charge in [0.1, 0.15) is 11.4 Å². The number of nitrogens with one attached hydrogen (secondary N) is 2. The van der Waals surface area contributed by atoms with Crippen molar-refractivity contribution < 1.29 is 9.59 Å². The summed E-state index contributed by atoms with van der Waals surface area (Å²) >= 11 is 11.8. The number of carbonyl (C=O) groups is 2. The standard InChI is InChI=1S/C17H11Cl2N5O2/c18-14-10(6-2-8-20-14)23-16(25)12-4-1-5-13(22-12)17(26)24-11-7-3-9-21-15(11)19/h1-9H,(H,23,25)(H,24,26). The smallest absolute Gasteiger partial charge is 0.274 e. The molecule has 3 aromatic rings. The van der Waals surface area contributed by atoms with Gasteiger partial charge in [-0.1, -0.05) is 29.3 Å². The van der Waals surface area contributed by atoms with Crippen molar-refractivity contribution in [1.82, 2.24) is 15.0 Å². The van der Waals surface area contributed by atoms with Crippen LogP contribution in [0.25, 0.3) is 0 Å². The SMILES string of the molecule is O=C(Nc1cccnc1Cl)c1cccc(C(=O)Nc2cccnc2Cl)n1. The topological polar surface area (TPSA) is 96.9 Å². The van der Waals surface area contributed by atoms with Gasteiger partial charge in [0, 0.05) is 12.4 Å². The number of hydrogen-bond acceptors (Lipinski definition) is 5. The Bertz CT molecular complexity index is 906. The van der Waals surface area contributed by atoms with Gasteiger partial charge in [-0.3, -0.25) is 9.59 Å². The van der Waals surface area contributed by atoms with Crippen LogP contribution < -0.4 is 10.6 Å². The Kier molecular flexibility index (Phi) is 5.40. The molecule has 0 unspecified atom stereocenters. The number of aromatic nitrogens is 3. The van der Waals surface area contributed by atoms with E-state index in [1.165, 1.54) is 24.5 Å². The molecule has 0 bridgehead atoms. The molecule has 26 heavy (non-hydrogen) atoms. The van der Waals surface area contributed by atoms with E-state index in [4.69, 9.17) is 23.2 Å². The van der Waals surface area contributed by atoms with Crippen molar-refractivity contribution in [3.63, 3.8) is 0 Å². The monoisotopic (exact) mass is 387 g/mol. The van der Waals surface area contributed by atoms with Crippen molar-refractivity contribution in [3.05, 3.63) is 76.6 Å². The Morgan fingerprint density at radius 1 is 0.731 bits per heavy atom. The van der Waals surface area contributed by atoms with E-state index in [1.54, 1.807) is 30.3 Å². The van der Waals surface area contributed by atoms with E-state index >= 15 is 0 Å². The number of carbonyl (C=O) groups excluding carboxylic acids is 2. The largest absolute Gasteiger partial charge is 0.318 e. The maximum Gasteiger partial charge on any atom is 0.274 e. The molecule has 0 fully saturated rings. The first-order valence-electron chi connectivity index (χ1n) is 7.35. The minimum absolute atomic E-state index is 0.0508. The van der Waals surface area contributed by atoms with Gasteiger partial charge >= 0.3 is 0 Å². The highest BCUT2D eigenvalue weighted by molar-refractivity contribution is 6.33. The predicted octanol–water partition coefficient (Wildman–Crippen LogP) is 3.68. The highest BCUT2D eigenvalue weighted by Crippen LogP contribution is 2.19. The van der Waals surface area contributed by atoms with Crippen LogP contribution in [0.5, 0.6) is 0 Å². The van der Waals surface area contributed by atoms with Gasteiger partial charge in [-0.25, -0.2) is 15.0 Å². The Balaban J connectivity index is 1.77. The quantitative estimate of drug-likeness (QED) is 0.665. The maximum atomic E-state index is 12.3. The number of anilines is 2. The third kappa shape index (κ3) is 4.14. The van der Waals surface area contributed by atoms with Crippen LogP contribution in [0, 0.1) is 0 Å². The van der Waals surface area contributed by atoms with Crippen LogP contribution in [-0.4, -0.2) is 26.8 Å². The van der Waals surface area contributed by atoms with Crippen LogP contribution in [0.1, 0.15) is 21.0 Å². The number of halogens is 2. The van der Waals surface area contributed by atoms with E-state index in [1.807, 2.05) is 0 Å². The third-order valence-corrected chi connectivity index (χ3v) is 3.83. The Morgan fingerprint density at radius 3 is 1.62 bits per heavy atom. The van der Waals surface area contributed by atoms with E-state index in [-0.39, 0.29) is 21.7 Å². The molecule has 9 heteroatoms. The second-order valence-electron chi connectivity index (χ2n) is 5.00. The Labute approximate surface area is 158 Å². The lowest BCUT2D eigenvalue weighted by Crippen LogP contribution is -2.19. The van der Waals surface area contributed by atoms with Crippen molar-refractivity contribution in [2.75, 3.05) is 10.6 Å². The van der Waals surface area contributed by atoms with Gasteiger partial charge < -0.3 is 10.6 Å². The molecule has 0 aliphatic heterocycles. The first-order valence-corrected chi connectivity index (χ1v) is 8.11. The summed E-state index contributed by atoms with van der Waals surface area (Å²) in [6.45, 7) is 0. The fourth-order valence-corrected chi connectivity index (χ4v) is 2.35. The van der Waals surface area contributed by atoms with E-state index in [9.17, 15) is 9.59 Å². The Morgan fingerprint density at radius 2 is 1.19 bits per heavy atom. The molecule has 0 saturated carbocycles. The molecule has 0 aliphatic carbocycles. The summed E-state index contributed by atoms with van der Waals surface area (Å²) in [7, 11) is 0. The lowest BCUT2D eigenvalue weighted by Gasteiger charge is -2.08. The Hall–Kier alpha value is -3.03. The fourth-order valence-electron chi connectivity index (χ4n) is 2.02. The molecule has 0 aliphatic rings. The summed E-state index contributed by atoms with van der Waals surface area (Å²) in [6.07, 6.45) is 3.01. The molecule has 2 N–H and O–H groups in total. The average molecular weight is 388 g/mol. The second kappa shape index (κ2) is 7.90. The molecule has 0 saturated heterocycles. The number of nitrogens with zero attached hydrogens (tertiary/aromatic N) is 3. The number of hydrogen-bond donors (Lipinski definition) is 2. The zero-order valence-corrected chi connectivity index (χ0v) is 14.6. The minimum Gasteiger partial charge on any atom is -0.318 e. The van der Waals surface area contributed by atoms with Gasteiger partial charge in [0.15, 0.2) is 10.3 Å². The van der Waals surface area contributed by atoms with E-state index < -0.39 is 11.8 Å². The lowest BCUT2D eigenvalue weighted by atomic mass is 10.2. The molecule has 3 heterocycles. The van der Waals surface area contributed by atoms with Crippen LogP contribution in [0.3, 0.4) is 0 Å². The normalized spacial score (nSPS) is 10.2. The molecule has 3 rings (SSSR count). The van der Waals surface area contributed by atoms with Gasteiger partial charge in [-0.05, 0) is 36.4 Å². The lowest BCUT2D eigenvalue weighted by molar-refractivity contribution is 0.101. The predicted molar refractivity (Wildman–Crippen MR) is 98.6 cm³/mol. The molecule has 3 aromatic heterocycles. The van der Waals surface area contributed by atoms with Crippen LogP contribution in [0.2, 0.25) is 10.3 Å². The van der Waals surface area contributed by atoms with Crippen LogP contribution in [-0.2, 0) is 0 Å². The highest BCUT2D eigenvalue weighted by Gasteiger charge is 2.15. The molecule has 7 nitrogen and oxygen atoms in total. The highest BCUT2D eigenvalue weighted by atomic mass is 35.5. The summed E-state index contributed by atoms with van der Waals surface area (Å²) < 4.78 is 0. The van der Waals surface area contributed by atoms with Gasteiger partial charge in [0.2, 0.25) is 0 Å². The van der Waals surface area contributed by atoms with Crippen LogP contribution >= 0.6 is 23.2 Å². The van der Waals surface area contributed by atoms with Gasteiger partial charge in [0.25, 0.3) is 11.8 Å². The number of amides is 2. The molecule has 0 aromatic carbocycles. The molecular weight excluding hydrogens is 377 g/mol. The van der Waals surface area contributed by atoms with Gasteiger partial charge in [-0.2, -0.15) is 0 Å². The molecule has 0 atom stereocenters. The van der Waals surface area contributed by atoms with E-state index in [2.05, 4.69) is 25.6 Å². The summed E-state index contributed by atoms with van der Waals surface area (Å²) in [4.78, 5) is 36.5. The summed E-state index contributed by atoms with van der Waals surface area (Å²) in [5.74, 6) is -1.04. The van der Waals surface area contributed by atoms with Crippen molar-refractivity contribution in [2.45, 2.75) is 0 Å². The van der Waals surface area contributed by atoms with Gasteiger partial charge in [0.05, 0.1) is 11.4 Å². The number of rotatable bonds is 4. The van der Waals surface area contributed by atoms with E-state index in [0.29, 0.717) is 11.4 Å². The zero-order valence-electron chi connectivity index (χ0n) is 13.1. The van der Waals surface area contributed by atoms with Crippen molar-refractivity contribution in [3.8, 4) is 0 Å². The van der Waals surface area contributed by atoms with Crippen LogP contribution in [0.4, 0.5) is 11.4 Å². The summed E-state index contributed by atoms with van der Waals surface area (Å²) in [6, 6.07) is 11.0. The average Bonchev–Trinajstić information content (AvgIpc) is 2.65. The third-order valence-electron chi connectivity index (χ3n) is 3.23. The first kappa shape index (κ1) is 17.8. The van der Waals surface area contributed by atoms with E-state index in [0.717, 1.165) is 0 Å². The molecule has 2 amide bonds. The number of pyridine rings is 3. The first-order chi connectivity index (χ1) is 12.5. The van der Waals surface area contributed by atoms with Crippen molar-refractivity contribution >= 4 is 46.4 Å². The minimum atomic E-state index is -0.519. The molecule has 0 radical (unpaired) electrons. The van der Waals surface area contributed by atoms with Crippen molar-refractivity contribution in [2.24, 2.45) is 0 Å². The summed E-state index contributed by atoms with van der Waals surface area (Å²) in [5.41, 5.74) is 0.792. The van der Waals surface area contributed by atoms with Gasteiger partial charge in [-0.15, -0.1) is 0 Å². The maximum absolute atomic E-state index is 12.3. The molecule has 0 spiro atoms. The van der Waals surface area contributed by atoms with Crippen molar-refractivity contribution in [1.29, 1.82) is 0 Å².